The lowest BCUT2D eigenvalue weighted by molar-refractivity contribution is 0.00482. The van der Waals surface area contributed by atoms with Crippen molar-refractivity contribution in [2.24, 2.45) is 0 Å². The van der Waals surface area contributed by atoms with Gasteiger partial charge in [0.15, 0.2) is 0 Å². The summed E-state index contributed by atoms with van der Waals surface area (Å²) in [7, 11) is 0. The molecule has 1 aromatic heterocycles. The van der Waals surface area contributed by atoms with E-state index in [0.29, 0.717) is 23.7 Å². The van der Waals surface area contributed by atoms with Crippen molar-refractivity contribution in [1.29, 1.82) is 5.26 Å². The highest BCUT2D eigenvalue weighted by Gasteiger charge is 2.17. The van der Waals surface area contributed by atoms with Gasteiger partial charge in [-0.3, -0.25) is 0 Å². The van der Waals surface area contributed by atoms with E-state index in [1.165, 1.54) is 11.3 Å². The Hall–Kier alpha value is -1.38. The Morgan fingerprint density at radius 3 is 3.06 bits per heavy atom. The average Bonchev–Trinajstić information content (AvgIpc) is 2.74. The molecule has 0 aliphatic carbocycles. The van der Waals surface area contributed by atoms with E-state index >= 15 is 0 Å². The quantitative estimate of drug-likeness (QED) is 0.739. The molecule has 0 N–H and O–H groups in total. The zero-order valence-corrected chi connectivity index (χ0v) is 10.0. The number of hydrogen-bond donors (Lipinski definition) is 0. The van der Waals surface area contributed by atoms with Crippen LogP contribution in [-0.2, 0) is 9.47 Å². The molecule has 16 heavy (non-hydrogen) atoms. The maximum Gasteiger partial charge on any atom is 0.350 e. The van der Waals surface area contributed by atoms with Crippen molar-refractivity contribution in [3.05, 3.63) is 21.9 Å². The number of ether oxygens (including phenoxy) is 2. The molecule has 0 spiro atoms. The number of nitriles is 1. The molecule has 1 aromatic rings. The molecule has 0 amide bonds. The topological polar surface area (TPSA) is 59.3 Å². The third-order valence-electron chi connectivity index (χ3n) is 1.84. The highest BCUT2D eigenvalue weighted by molar-refractivity contribution is 7.12. The Balaban J connectivity index is 2.56. The van der Waals surface area contributed by atoms with E-state index in [9.17, 15) is 4.79 Å². The average molecular weight is 239 g/mol. The second kappa shape index (κ2) is 6.26. The Morgan fingerprint density at radius 2 is 2.44 bits per heavy atom. The van der Waals surface area contributed by atoms with Gasteiger partial charge in [0.25, 0.3) is 0 Å². The van der Waals surface area contributed by atoms with Crippen LogP contribution < -0.4 is 0 Å². The van der Waals surface area contributed by atoms with Gasteiger partial charge in [0.05, 0.1) is 12.2 Å². The van der Waals surface area contributed by atoms with Crippen molar-refractivity contribution in [3.8, 4) is 6.07 Å². The monoisotopic (exact) mass is 239 g/mol. The van der Waals surface area contributed by atoms with Crippen LogP contribution in [-0.4, -0.2) is 25.3 Å². The molecule has 86 valence electrons. The van der Waals surface area contributed by atoms with Gasteiger partial charge in [-0.15, -0.1) is 11.3 Å². The summed E-state index contributed by atoms with van der Waals surface area (Å²) in [5.41, 5.74) is 0.360. The van der Waals surface area contributed by atoms with E-state index < -0.39 is 5.97 Å². The Bertz CT molecular complexity index is 394. The summed E-state index contributed by atoms with van der Waals surface area (Å²) in [6, 6.07) is 3.56. The fourth-order valence-electron chi connectivity index (χ4n) is 1.11. The summed E-state index contributed by atoms with van der Waals surface area (Å²) in [4.78, 5) is 12.0. The lowest BCUT2D eigenvalue weighted by atomic mass is 10.3. The van der Waals surface area contributed by atoms with Crippen LogP contribution in [0.3, 0.4) is 0 Å². The first kappa shape index (κ1) is 12.7. The molecule has 5 heteroatoms. The summed E-state index contributed by atoms with van der Waals surface area (Å²) in [5, 5.41) is 10.5. The molecule has 0 aliphatic rings. The minimum atomic E-state index is -0.459. The molecule has 0 bridgehead atoms. The smallest absolute Gasteiger partial charge is 0.350 e. The van der Waals surface area contributed by atoms with E-state index in [2.05, 4.69) is 0 Å². The van der Waals surface area contributed by atoms with Crippen LogP contribution in [0.2, 0.25) is 0 Å². The number of thiophene rings is 1. The zero-order chi connectivity index (χ0) is 12.0. The maximum atomic E-state index is 11.6. The molecule has 0 aromatic carbocycles. The SMILES string of the molecule is CCOC[C@H](C)OC(=O)c1sccc1C#N. The molecule has 0 saturated carbocycles. The fourth-order valence-corrected chi connectivity index (χ4v) is 1.83. The van der Waals surface area contributed by atoms with Crippen molar-refractivity contribution in [2.45, 2.75) is 20.0 Å². The van der Waals surface area contributed by atoms with Crippen LogP contribution in [0.1, 0.15) is 29.1 Å². The maximum absolute atomic E-state index is 11.6. The summed E-state index contributed by atoms with van der Waals surface area (Å²) >= 11 is 1.21. The van der Waals surface area contributed by atoms with Crippen molar-refractivity contribution >= 4 is 17.3 Å². The first-order valence-electron chi connectivity index (χ1n) is 4.95. The summed E-state index contributed by atoms with van der Waals surface area (Å²) in [6.07, 6.45) is -0.305. The first-order chi connectivity index (χ1) is 7.69. The number of rotatable bonds is 5. The third-order valence-corrected chi connectivity index (χ3v) is 2.73. The molecule has 0 unspecified atom stereocenters. The highest BCUT2D eigenvalue weighted by Crippen LogP contribution is 2.17. The van der Waals surface area contributed by atoms with E-state index in [-0.39, 0.29) is 6.10 Å². The standard InChI is InChI=1S/C11H13NO3S/c1-3-14-7-8(2)15-11(13)10-9(6-12)4-5-16-10/h4-5,8H,3,7H2,1-2H3/t8-/m0/s1. The van der Waals surface area contributed by atoms with Crippen molar-refractivity contribution in [3.63, 3.8) is 0 Å². The Kier molecular flexibility index (Phi) is 4.96. The number of carbonyl (C=O) groups excluding carboxylic acids is 1. The van der Waals surface area contributed by atoms with Gasteiger partial charge in [-0.2, -0.15) is 5.26 Å². The van der Waals surface area contributed by atoms with Crippen LogP contribution in [0.15, 0.2) is 11.4 Å². The lowest BCUT2D eigenvalue weighted by Crippen LogP contribution is -2.20. The van der Waals surface area contributed by atoms with Gasteiger partial charge in [0.2, 0.25) is 0 Å². The van der Waals surface area contributed by atoms with Gasteiger partial charge >= 0.3 is 5.97 Å². The van der Waals surface area contributed by atoms with E-state index in [0.717, 1.165) is 0 Å². The van der Waals surface area contributed by atoms with Crippen LogP contribution in [0.5, 0.6) is 0 Å². The lowest BCUT2D eigenvalue weighted by Gasteiger charge is -2.12. The minimum Gasteiger partial charge on any atom is -0.456 e. The number of esters is 1. The van der Waals surface area contributed by atoms with Crippen molar-refractivity contribution < 1.29 is 14.3 Å². The second-order valence-corrected chi connectivity index (χ2v) is 4.07. The molecule has 0 fully saturated rings. The van der Waals surface area contributed by atoms with Crippen molar-refractivity contribution in [2.75, 3.05) is 13.2 Å². The van der Waals surface area contributed by atoms with Gasteiger partial charge in [-0.05, 0) is 25.3 Å². The molecule has 1 rings (SSSR count). The minimum absolute atomic E-state index is 0.305. The molecular weight excluding hydrogens is 226 g/mol. The number of nitrogens with zero attached hydrogens (tertiary/aromatic N) is 1. The predicted octanol–water partition coefficient (Wildman–Crippen LogP) is 2.20. The zero-order valence-electron chi connectivity index (χ0n) is 9.23. The number of hydrogen-bond acceptors (Lipinski definition) is 5. The van der Waals surface area contributed by atoms with Gasteiger partial charge in [0, 0.05) is 6.61 Å². The molecule has 0 saturated heterocycles. The summed E-state index contributed by atoms with van der Waals surface area (Å²) < 4.78 is 10.3. The molecule has 4 nitrogen and oxygen atoms in total. The predicted molar refractivity (Wildman–Crippen MR) is 60.4 cm³/mol. The molecule has 0 radical (unpaired) electrons. The molecular formula is C11H13NO3S. The number of carbonyl (C=O) groups is 1. The van der Waals surface area contributed by atoms with Gasteiger partial charge in [-0.25, -0.2) is 4.79 Å². The van der Waals surface area contributed by atoms with E-state index in [1.54, 1.807) is 18.4 Å². The normalized spacial score (nSPS) is 11.8. The fraction of sp³-hybridized carbons (Fsp3) is 0.455. The molecule has 1 heterocycles. The highest BCUT2D eigenvalue weighted by atomic mass is 32.1. The van der Waals surface area contributed by atoms with Gasteiger partial charge < -0.3 is 9.47 Å². The largest absolute Gasteiger partial charge is 0.456 e. The Morgan fingerprint density at radius 1 is 1.69 bits per heavy atom. The summed E-state index contributed by atoms with van der Waals surface area (Å²) in [6.45, 7) is 4.59. The van der Waals surface area contributed by atoms with E-state index in [1.807, 2.05) is 13.0 Å². The van der Waals surface area contributed by atoms with E-state index in [4.69, 9.17) is 14.7 Å². The van der Waals surface area contributed by atoms with Gasteiger partial charge in [-0.1, -0.05) is 0 Å². The van der Waals surface area contributed by atoms with Gasteiger partial charge in [0.1, 0.15) is 17.1 Å². The van der Waals surface area contributed by atoms with Crippen molar-refractivity contribution in [1.82, 2.24) is 0 Å². The third kappa shape index (κ3) is 3.33. The second-order valence-electron chi connectivity index (χ2n) is 3.15. The molecule has 1 atom stereocenters. The van der Waals surface area contributed by atoms with Crippen LogP contribution in [0.4, 0.5) is 0 Å². The Labute approximate surface area is 98.4 Å². The van der Waals surface area contributed by atoms with Crippen LogP contribution >= 0.6 is 11.3 Å². The summed E-state index contributed by atoms with van der Waals surface area (Å²) in [5.74, 6) is -0.459. The first-order valence-corrected chi connectivity index (χ1v) is 5.83. The molecule has 0 aliphatic heterocycles. The van der Waals surface area contributed by atoms with Crippen LogP contribution in [0, 0.1) is 11.3 Å². The van der Waals surface area contributed by atoms with Crippen LogP contribution in [0.25, 0.3) is 0 Å².